The van der Waals surface area contributed by atoms with Gasteiger partial charge in [0.15, 0.2) is 0 Å². The Morgan fingerprint density at radius 1 is 1.29 bits per heavy atom. The highest BCUT2D eigenvalue weighted by atomic mass is 32.2. The number of nitrogens with one attached hydrogen (secondary N) is 2. The van der Waals surface area contributed by atoms with E-state index in [1.807, 2.05) is 11.8 Å². The second-order valence-electron chi connectivity index (χ2n) is 5.81. The van der Waals surface area contributed by atoms with E-state index in [0.717, 1.165) is 24.3 Å². The van der Waals surface area contributed by atoms with E-state index < -0.39 is 0 Å². The molecule has 116 valence electrons. The van der Waals surface area contributed by atoms with Gasteiger partial charge in [0, 0.05) is 30.0 Å². The molecule has 0 saturated heterocycles. The normalized spacial score (nSPS) is 15.5. The maximum Gasteiger partial charge on any atom is 0.314 e. The summed E-state index contributed by atoms with van der Waals surface area (Å²) in [4.78, 5) is 11.6. The van der Waals surface area contributed by atoms with Crippen molar-refractivity contribution in [3.8, 4) is 0 Å². The number of amides is 2. The van der Waals surface area contributed by atoms with E-state index in [0.29, 0.717) is 13.1 Å². The number of aliphatic hydroxyl groups excluding tert-OH is 1. The minimum Gasteiger partial charge on any atom is -0.396 e. The maximum absolute atomic E-state index is 11.6. The third kappa shape index (κ3) is 5.59. The summed E-state index contributed by atoms with van der Waals surface area (Å²) in [5.41, 5.74) is 2.56. The van der Waals surface area contributed by atoms with E-state index in [2.05, 4.69) is 41.8 Å². The predicted molar refractivity (Wildman–Crippen MR) is 87.5 cm³/mol. The molecule has 0 aliphatic heterocycles. The Morgan fingerprint density at radius 2 is 2.00 bits per heavy atom. The lowest BCUT2D eigenvalue weighted by atomic mass is 10.1. The molecule has 1 aliphatic rings. The first-order chi connectivity index (χ1) is 10.1. The summed E-state index contributed by atoms with van der Waals surface area (Å²) in [6.45, 7) is 3.49. The first kappa shape index (κ1) is 16.2. The summed E-state index contributed by atoms with van der Waals surface area (Å²) in [7, 11) is 0. The maximum atomic E-state index is 11.6. The molecule has 0 bridgehead atoms. The topological polar surface area (TPSA) is 61.4 Å². The second kappa shape index (κ2) is 7.71. The van der Waals surface area contributed by atoms with Gasteiger partial charge in [0.05, 0.1) is 6.61 Å². The number of aryl methyl sites for hydroxylation is 1. The van der Waals surface area contributed by atoms with Crippen molar-refractivity contribution in [2.75, 3.05) is 25.4 Å². The average molecular weight is 308 g/mol. The van der Waals surface area contributed by atoms with Gasteiger partial charge in [-0.15, -0.1) is 0 Å². The van der Waals surface area contributed by atoms with Gasteiger partial charge in [-0.25, -0.2) is 4.79 Å². The average Bonchev–Trinajstić information content (AvgIpc) is 3.27. The minimum absolute atomic E-state index is 0.0302. The van der Waals surface area contributed by atoms with Gasteiger partial charge < -0.3 is 15.7 Å². The number of carbonyl (C=O) groups is 1. The van der Waals surface area contributed by atoms with Crippen molar-refractivity contribution in [1.82, 2.24) is 10.6 Å². The number of carbonyl (C=O) groups excluding carboxylic acids is 1. The fourth-order valence-electron chi connectivity index (χ4n) is 2.01. The van der Waals surface area contributed by atoms with Crippen LogP contribution in [0.2, 0.25) is 0 Å². The lowest BCUT2D eigenvalue weighted by molar-refractivity contribution is 0.203. The summed E-state index contributed by atoms with van der Waals surface area (Å²) >= 11 is 1.81. The van der Waals surface area contributed by atoms with E-state index in [4.69, 9.17) is 5.11 Å². The lowest BCUT2D eigenvalue weighted by Gasteiger charge is -2.13. The summed E-state index contributed by atoms with van der Waals surface area (Å²) < 4.78 is 0. The number of thioether (sulfide) groups is 1. The van der Waals surface area contributed by atoms with Crippen molar-refractivity contribution < 1.29 is 9.90 Å². The van der Waals surface area contributed by atoms with Gasteiger partial charge in [-0.05, 0) is 25.3 Å². The molecule has 0 heterocycles. The third-order valence-electron chi connectivity index (χ3n) is 3.84. The van der Waals surface area contributed by atoms with Crippen molar-refractivity contribution >= 4 is 17.8 Å². The Morgan fingerprint density at radius 3 is 2.62 bits per heavy atom. The predicted octanol–water partition coefficient (Wildman–Crippen LogP) is 2.30. The van der Waals surface area contributed by atoms with Gasteiger partial charge in [-0.2, -0.15) is 11.8 Å². The van der Waals surface area contributed by atoms with Gasteiger partial charge in [0.1, 0.15) is 0 Å². The van der Waals surface area contributed by atoms with Crippen LogP contribution in [0.25, 0.3) is 0 Å². The number of hydrogen-bond acceptors (Lipinski definition) is 3. The SMILES string of the molecule is Cc1ccc(CSCCNC(=O)NCC2(CO)CC2)cc1. The zero-order valence-corrected chi connectivity index (χ0v) is 13.3. The molecule has 2 rings (SSSR count). The molecular formula is C16H24N2O2S. The zero-order valence-electron chi connectivity index (χ0n) is 12.5. The minimum atomic E-state index is -0.134. The smallest absolute Gasteiger partial charge is 0.314 e. The highest BCUT2D eigenvalue weighted by Gasteiger charge is 2.41. The molecule has 1 saturated carbocycles. The number of aliphatic hydroxyl groups is 1. The molecule has 1 fully saturated rings. The van der Waals surface area contributed by atoms with Crippen LogP contribution in [-0.4, -0.2) is 36.6 Å². The second-order valence-corrected chi connectivity index (χ2v) is 6.91. The Labute approximate surface area is 130 Å². The van der Waals surface area contributed by atoms with Crippen LogP contribution in [-0.2, 0) is 5.75 Å². The zero-order chi connectivity index (χ0) is 15.1. The molecular weight excluding hydrogens is 284 g/mol. The van der Waals surface area contributed by atoms with Crippen molar-refractivity contribution in [2.24, 2.45) is 5.41 Å². The summed E-state index contributed by atoms with van der Waals surface area (Å²) in [6, 6.07) is 8.40. The first-order valence-electron chi connectivity index (χ1n) is 7.39. The van der Waals surface area contributed by atoms with Gasteiger partial charge >= 0.3 is 6.03 Å². The quantitative estimate of drug-likeness (QED) is 0.646. The van der Waals surface area contributed by atoms with Crippen LogP contribution in [0.1, 0.15) is 24.0 Å². The highest BCUT2D eigenvalue weighted by Crippen LogP contribution is 2.44. The molecule has 1 aliphatic carbocycles. The summed E-state index contributed by atoms with van der Waals surface area (Å²) in [6.07, 6.45) is 2.02. The molecule has 0 spiro atoms. The lowest BCUT2D eigenvalue weighted by Crippen LogP contribution is -2.40. The monoisotopic (exact) mass is 308 g/mol. The number of urea groups is 1. The Kier molecular flexibility index (Phi) is 5.94. The summed E-state index contributed by atoms with van der Waals surface area (Å²) in [5, 5.41) is 14.8. The van der Waals surface area contributed by atoms with Crippen molar-refractivity contribution in [3.05, 3.63) is 35.4 Å². The molecule has 2 amide bonds. The van der Waals surface area contributed by atoms with Gasteiger partial charge in [0.25, 0.3) is 0 Å². The highest BCUT2D eigenvalue weighted by molar-refractivity contribution is 7.98. The van der Waals surface area contributed by atoms with Crippen LogP contribution in [0.5, 0.6) is 0 Å². The van der Waals surface area contributed by atoms with E-state index in [9.17, 15) is 4.79 Å². The molecule has 0 aromatic heterocycles. The van der Waals surface area contributed by atoms with Crippen molar-refractivity contribution in [3.63, 3.8) is 0 Å². The van der Waals surface area contributed by atoms with E-state index in [1.54, 1.807) is 0 Å². The fourth-order valence-corrected chi connectivity index (χ4v) is 2.83. The molecule has 5 heteroatoms. The number of hydrogen-bond donors (Lipinski definition) is 3. The Bertz CT molecular complexity index is 458. The first-order valence-corrected chi connectivity index (χ1v) is 8.55. The van der Waals surface area contributed by atoms with Crippen LogP contribution in [0.15, 0.2) is 24.3 Å². The van der Waals surface area contributed by atoms with Gasteiger partial charge in [-0.3, -0.25) is 0 Å². The van der Waals surface area contributed by atoms with Crippen LogP contribution in [0.4, 0.5) is 4.79 Å². The van der Waals surface area contributed by atoms with Crippen LogP contribution < -0.4 is 10.6 Å². The van der Waals surface area contributed by atoms with Crippen LogP contribution in [0, 0.1) is 12.3 Å². The number of benzene rings is 1. The molecule has 21 heavy (non-hydrogen) atoms. The van der Waals surface area contributed by atoms with Gasteiger partial charge in [-0.1, -0.05) is 29.8 Å². The Balaban J connectivity index is 1.51. The van der Waals surface area contributed by atoms with Crippen molar-refractivity contribution in [1.29, 1.82) is 0 Å². The van der Waals surface area contributed by atoms with E-state index >= 15 is 0 Å². The summed E-state index contributed by atoms with van der Waals surface area (Å²) in [5.74, 6) is 1.86. The molecule has 0 radical (unpaired) electrons. The van der Waals surface area contributed by atoms with Gasteiger partial charge in [0.2, 0.25) is 0 Å². The largest absolute Gasteiger partial charge is 0.396 e. The molecule has 1 aromatic carbocycles. The molecule has 0 unspecified atom stereocenters. The fraction of sp³-hybridized carbons (Fsp3) is 0.562. The molecule has 4 nitrogen and oxygen atoms in total. The molecule has 1 aromatic rings. The van der Waals surface area contributed by atoms with Crippen LogP contribution >= 0.6 is 11.8 Å². The van der Waals surface area contributed by atoms with E-state index in [1.165, 1.54) is 11.1 Å². The van der Waals surface area contributed by atoms with Crippen LogP contribution in [0.3, 0.4) is 0 Å². The molecule has 0 atom stereocenters. The third-order valence-corrected chi connectivity index (χ3v) is 4.87. The Hall–Kier alpha value is -1.20. The standard InChI is InChI=1S/C16H24N2O2S/c1-13-2-4-14(5-3-13)10-21-9-8-17-15(20)18-11-16(12-19)6-7-16/h2-5,19H,6-12H2,1H3,(H2,17,18,20). The number of rotatable bonds is 8. The van der Waals surface area contributed by atoms with E-state index in [-0.39, 0.29) is 18.1 Å². The molecule has 3 N–H and O–H groups in total. The van der Waals surface area contributed by atoms with Crippen molar-refractivity contribution in [2.45, 2.75) is 25.5 Å².